The van der Waals surface area contributed by atoms with Gasteiger partial charge in [0.05, 0.1) is 16.6 Å². The van der Waals surface area contributed by atoms with Gasteiger partial charge in [-0.3, -0.25) is 9.59 Å². The minimum atomic E-state index is -0.331. The summed E-state index contributed by atoms with van der Waals surface area (Å²) < 4.78 is 0. The molecule has 2 amide bonds. The molecule has 0 fully saturated rings. The summed E-state index contributed by atoms with van der Waals surface area (Å²) >= 11 is 18.6. The number of para-hydroxylation sites is 2. The lowest BCUT2D eigenvalue weighted by Gasteiger charge is -2.43. The Morgan fingerprint density at radius 2 is 1.46 bits per heavy atom. The highest BCUT2D eigenvalue weighted by Gasteiger charge is 2.39. The zero-order valence-corrected chi connectivity index (χ0v) is 22.2. The molecule has 1 aliphatic rings. The Morgan fingerprint density at radius 1 is 0.811 bits per heavy atom. The molecule has 1 aliphatic heterocycles. The largest absolute Gasteiger partial charge is 0.305 e. The summed E-state index contributed by atoms with van der Waals surface area (Å²) in [5.74, 6) is -0.356. The average molecular weight is 550 g/mol. The molecule has 1 heterocycles. The van der Waals surface area contributed by atoms with Crippen LogP contribution in [-0.2, 0) is 0 Å². The number of fused-ring (bicyclic) bond motifs is 1. The summed E-state index contributed by atoms with van der Waals surface area (Å²) in [4.78, 5) is 31.3. The van der Waals surface area contributed by atoms with Crippen molar-refractivity contribution in [3.8, 4) is 0 Å². The van der Waals surface area contributed by atoms with Gasteiger partial charge in [0.1, 0.15) is 0 Å². The second-order valence-electron chi connectivity index (χ2n) is 8.98. The predicted molar refractivity (Wildman–Crippen MR) is 151 cm³/mol. The van der Waals surface area contributed by atoms with Crippen LogP contribution in [0.5, 0.6) is 0 Å². The third-order valence-electron chi connectivity index (χ3n) is 6.60. The minimum Gasteiger partial charge on any atom is -0.305 e. The number of halogens is 3. The Bertz CT molecular complexity index is 1460. The monoisotopic (exact) mass is 548 g/mol. The summed E-state index contributed by atoms with van der Waals surface area (Å²) in [5, 5.41) is 1.32. The Hall–Kier alpha value is -3.31. The number of benzene rings is 4. The van der Waals surface area contributed by atoms with Gasteiger partial charge in [-0.2, -0.15) is 0 Å². The number of rotatable bonds is 4. The molecule has 0 aromatic heterocycles. The summed E-state index contributed by atoms with van der Waals surface area (Å²) in [6.45, 7) is 2.00. The number of amides is 2. The van der Waals surface area contributed by atoms with Crippen LogP contribution in [0.3, 0.4) is 0 Å². The van der Waals surface area contributed by atoms with Gasteiger partial charge in [0.25, 0.3) is 11.8 Å². The lowest BCUT2D eigenvalue weighted by molar-refractivity contribution is 0.0965. The van der Waals surface area contributed by atoms with E-state index in [4.69, 9.17) is 34.8 Å². The summed E-state index contributed by atoms with van der Waals surface area (Å²) in [6.07, 6.45) is 0.530. The minimum absolute atomic E-state index is 0.117. The average Bonchev–Trinajstić information content (AvgIpc) is 2.89. The van der Waals surface area contributed by atoms with Gasteiger partial charge < -0.3 is 9.80 Å². The van der Waals surface area contributed by atoms with Gasteiger partial charge in [0.15, 0.2) is 0 Å². The van der Waals surface area contributed by atoms with Crippen LogP contribution in [0, 0.1) is 0 Å². The smallest absolute Gasteiger partial charge is 0.260 e. The number of carbonyl (C=O) groups is 2. The number of hydrogen-bond acceptors (Lipinski definition) is 2. The van der Waals surface area contributed by atoms with E-state index in [0.717, 1.165) is 16.9 Å². The van der Waals surface area contributed by atoms with Gasteiger partial charge in [0.2, 0.25) is 0 Å². The molecule has 0 bridgehead atoms. The van der Waals surface area contributed by atoms with E-state index < -0.39 is 0 Å². The second-order valence-corrected chi connectivity index (χ2v) is 10.3. The van der Waals surface area contributed by atoms with Crippen molar-refractivity contribution in [1.82, 2.24) is 0 Å². The molecule has 5 rings (SSSR count). The SMILES string of the molecule is C[C@@H]1C[C@H](N(C(=O)c2ccc(Cl)cc2Cl)c2ccccc2)c2ccccc2N1C(=O)c1ccc(Cl)cc1. The number of carbonyl (C=O) groups excluding carboxylic acids is 2. The summed E-state index contributed by atoms with van der Waals surface area (Å²) in [6, 6.07) is 28.5. The van der Waals surface area contributed by atoms with E-state index in [-0.39, 0.29) is 28.9 Å². The fourth-order valence-corrected chi connectivity index (χ4v) is 5.50. The van der Waals surface area contributed by atoms with E-state index in [1.165, 1.54) is 0 Å². The van der Waals surface area contributed by atoms with Gasteiger partial charge in [-0.25, -0.2) is 0 Å². The third-order valence-corrected chi connectivity index (χ3v) is 7.40. The van der Waals surface area contributed by atoms with Crippen LogP contribution in [0.1, 0.15) is 45.7 Å². The molecule has 37 heavy (non-hydrogen) atoms. The van der Waals surface area contributed by atoms with Gasteiger partial charge >= 0.3 is 0 Å². The van der Waals surface area contributed by atoms with Gasteiger partial charge in [-0.05, 0) is 79.6 Å². The number of anilines is 2. The molecule has 2 atom stereocenters. The first-order valence-corrected chi connectivity index (χ1v) is 13.0. The highest BCUT2D eigenvalue weighted by Crippen LogP contribution is 2.43. The molecule has 0 spiro atoms. The van der Waals surface area contributed by atoms with Crippen molar-refractivity contribution >= 4 is 58.0 Å². The van der Waals surface area contributed by atoms with Crippen molar-refractivity contribution < 1.29 is 9.59 Å². The molecule has 4 aromatic rings. The molecule has 0 unspecified atom stereocenters. The van der Waals surface area contributed by atoms with Crippen LogP contribution in [0.25, 0.3) is 0 Å². The van der Waals surface area contributed by atoms with Crippen molar-refractivity contribution in [3.05, 3.63) is 129 Å². The molecule has 186 valence electrons. The number of hydrogen-bond donors (Lipinski definition) is 0. The van der Waals surface area contributed by atoms with Crippen molar-refractivity contribution in [3.63, 3.8) is 0 Å². The Labute approximate surface area is 231 Å². The van der Waals surface area contributed by atoms with Crippen LogP contribution in [0.2, 0.25) is 15.1 Å². The van der Waals surface area contributed by atoms with Gasteiger partial charge in [-0.15, -0.1) is 0 Å². The standard InChI is InChI=1S/C30H23Cl3N2O2/c1-19-17-28(25-9-5-6-10-27(25)34(19)29(36)20-11-13-21(31)14-12-20)35(23-7-3-2-4-8-23)30(37)24-16-15-22(32)18-26(24)33/h2-16,18-19,28H,17H2,1H3/t19-,28+/m1/s1. The Balaban J connectivity index is 1.61. The molecule has 0 aliphatic carbocycles. The lowest BCUT2D eigenvalue weighted by Crippen LogP contribution is -2.47. The Morgan fingerprint density at radius 3 is 2.16 bits per heavy atom. The first kappa shape index (κ1) is 25.3. The quantitative estimate of drug-likeness (QED) is 0.256. The van der Waals surface area contributed by atoms with E-state index in [0.29, 0.717) is 27.6 Å². The van der Waals surface area contributed by atoms with Gasteiger partial charge in [-0.1, -0.05) is 71.2 Å². The molecule has 0 radical (unpaired) electrons. The molecular weight excluding hydrogens is 527 g/mol. The summed E-state index contributed by atoms with van der Waals surface area (Å²) in [5.41, 5.74) is 3.29. The molecular formula is C30H23Cl3N2O2. The molecule has 4 aromatic carbocycles. The topological polar surface area (TPSA) is 40.6 Å². The maximum absolute atomic E-state index is 14.1. The maximum Gasteiger partial charge on any atom is 0.260 e. The zero-order valence-electron chi connectivity index (χ0n) is 19.9. The number of nitrogens with zero attached hydrogens (tertiary/aromatic N) is 2. The van der Waals surface area contributed by atoms with Crippen molar-refractivity contribution in [2.24, 2.45) is 0 Å². The van der Waals surface area contributed by atoms with E-state index in [9.17, 15) is 9.59 Å². The van der Waals surface area contributed by atoms with E-state index >= 15 is 0 Å². The van der Waals surface area contributed by atoms with Crippen LogP contribution < -0.4 is 9.80 Å². The van der Waals surface area contributed by atoms with E-state index in [1.807, 2.05) is 61.5 Å². The fraction of sp³-hybridized carbons (Fsp3) is 0.133. The maximum atomic E-state index is 14.1. The van der Waals surface area contributed by atoms with E-state index in [1.54, 1.807) is 52.3 Å². The normalized spacial score (nSPS) is 16.7. The van der Waals surface area contributed by atoms with Gasteiger partial charge in [0, 0.05) is 33.0 Å². The Kier molecular flexibility index (Phi) is 7.25. The predicted octanol–water partition coefficient (Wildman–Crippen LogP) is 8.47. The summed E-state index contributed by atoms with van der Waals surface area (Å²) in [7, 11) is 0. The van der Waals surface area contributed by atoms with Crippen LogP contribution >= 0.6 is 34.8 Å². The third kappa shape index (κ3) is 4.97. The highest BCUT2D eigenvalue weighted by atomic mass is 35.5. The lowest BCUT2D eigenvalue weighted by atomic mass is 9.89. The van der Waals surface area contributed by atoms with Crippen molar-refractivity contribution in [2.75, 3.05) is 9.80 Å². The van der Waals surface area contributed by atoms with Crippen molar-refractivity contribution in [1.29, 1.82) is 0 Å². The van der Waals surface area contributed by atoms with E-state index in [2.05, 4.69) is 0 Å². The molecule has 0 N–H and O–H groups in total. The second kappa shape index (κ2) is 10.6. The molecule has 0 saturated carbocycles. The molecule has 0 saturated heterocycles. The molecule has 7 heteroatoms. The highest BCUT2D eigenvalue weighted by molar-refractivity contribution is 6.37. The zero-order chi connectivity index (χ0) is 26.1. The van der Waals surface area contributed by atoms with Crippen molar-refractivity contribution in [2.45, 2.75) is 25.4 Å². The van der Waals surface area contributed by atoms with Crippen LogP contribution in [-0.4, -0.2) is 17.9 Å². The van der Waals surface area contributed by atoms with Crippen LogP contribution in [0.15, 0.2) is 97.1 Å². The fourth-order valence-electron chi connectivity index (χ4n) is 4.89. The first-order chi connectivity index (χ1) is 17.8. The molecule has 4 nitrogen and oxygen atoms in total. The van der Waals surface area contributed by atoms with Crippen LogP contribution in [0.4, 0.5) is 11.4 Å². The first-order valence-electron chi connectivity index (χ1n) is 11.9.